The molecule has 162 valence electrons. The molecule has 0 saturated heterocycles. The van der Waals surface area contributed by atoms with Crippen molar-refractivity contribution in [3.63, 3.8) is 0 Å². The van der Waals surface area contributed by atoms with E-state index in [4.69, 9.17) is 9.47 Å². The highest BCUT2D eigenvalue weighted by molar-refractivity contribution is 7.93. The Morgan fingerprint density at radius 2 is 1.80 bits per heavy atom. The van der Waals surface area contributed by atoms with Gasteiger partial charge in [-0.05, 0) is 26.0 Å². The molecule has 3 aromatic rings. The first-order valence-corrected chi connectivity index (χ1v) is 10.7. The number of halogens is 3. The fourth-order valence-corrected chi connectivity index (χ4v) is 5.83. The number of aryl methyl sites for hydroxylation is 2. The van der Waals surface area contributed by atoms with Crippen LogP contribution in [0.4, 0.5) is 18.9 Å². The third kappa shape index (κ3) is 4.10. The normalized spacial score (nSPS) is 12.1. The molecule has 0 amide bonds. The third-order valence-electron chi connectivity index (χ3n) is 4.17. The minimum Gasteiger partial charge on any atom is -0.497 e. The summed E-state index contributed by atoms with van der Waals surface area (Å²) in [6.07, 6.45) is -4.74. The van der Waals surface area contributed by atoms with E-state index >= 15 is 0 Å². The van der Waals surface area contributed by atoms with Gasteiger partial charge in [0, 0.05) is 27.5 Å². The third-order valence-corrected chi connectivity index (χ3v) is 6.86. The molecule has 0 atom stereocenters. The molecule has 0 aliphatic carbocycles. The summed E-state index contributed by atoms with van der Waals surface area (Å²) in [6, 6.07) is 5.18. The monoisotopic (exact) mass is 462 g/mol. The van der Waals surface area contributed by atoms with Crippen molar-refractivity contribution in [3.05, 3.63) is 39.8 Å². The molecule has 0 unspecified atom stereocenters. The summed E-state index contributed by atoms with van der Waals surface area (Å²) >= 11 is 1.13. The quantitative estimate of drug-likeness (QED) is 0.563. The number of anilines is 1. The molecule has 7 nitrogen and oxygen atoms in total. The van der Waals surface area contributed by atoms with E-state index in [1.54, 1.807) is 19.9 Å². The van der Waals surface area contributed by atoms with Crippen molar-refractivity contribution in [3.8, 4) is 22.8 Å². The van der Waals surface area contributed by atoms with Crippen molar-refractivity contribution in [2.75, 3.05) is 18.9 Å². The fraction of sp³-hybridized carbons (Fsp3) is 0.278. The number of ether oxygens (including phenoxy) is 2. The van der Waals surface area contributed by atoms with Gasteiger partial charge in [-0.3, -0.25) is 4.72 Å². The number of alkyl halides is 3. The number of benzene rings is 1. The standard InChI is InChI=1S/C18H17F3N2O5S2/c1-9-16(13-8-15(28-22-13)18(19,20)21)17(10(2)29-9)30(24,25)23-12-6-5-11(26-3)7-14(12)27-4/h5-8,23H,1-4H3. The number of aromatic nitrogens is 1. The summed E-state index contributed by atoms with van der Waals surface area (Å²) in [5, 5.41) is 3.44. The average molecular weight is 462 g/mol. The van der Waals surface area contributed by atoms with Crippen molar-refractivity contribution < 1.29 is 35.6 Å². The zero-order valence-electron chi connectivity index (χ0n) is 16.2. The maximum absolute atomic E-state index is 13.2. The molecular weight excluding hydrogens is 445 g/mol. The van der Waals surface area contributed by atoms with Crippen molar-refractivity contribution in [2.45, 2.75) is 24.9 Å². The molecule has 0 spiro atoms. The SMILES string of the molecule is COc1ccc(NS(=O)(=O)c2c(C)sc(C)c2-c2cc(C(F)(F)F)on2)c(OC)c1. The molecule has 0 saturated carbocycles. The summed E-state index contributed by atoms with van der Waals surface area (Å²) < 4.78 is 82.2. The molecule has 1 aromatic carbocycles. The minimum atomic E-state index is -4.74. The molecule has 12 heteroatoms. The summed E-state index contributed by atoms with van der Waals surface area (Å²) in [5.74, 6) is -0.640. The van der Waals surface area contributed by atoms with E-state index < -0.39 is 22.0 Å². The van der Waals surface area contributed by atoms with Crippen LogP contribution in [0.2, 0.25) is 0 Å². The first-order chi connectivity index (χ1) is 14.0. The van der Waals surface area contributed by atoms with Crippen LogP contribution in [0.15, 0.2) is 33.7 Å². The first kappa shape index (κ1) is 22.0. The number of thiophene rings is 1. The highest BCUT2D eigenvalue weighted by Gasteiger charge is 2.37. The molecule has 3 rings (SSSR count). The van der Waals surface area contributed by atoms with Crippen LogP contribution in [-0.4, -0.2) is 27.8 Å². The molecule has 0 aliphatic heterocycles. The van der Waals surface area contributed by atoms with Gasteiger partial charge < -0.3 is 14.0 Å². The van der Waals surface area contributed by atoms with Crippen LogP contribution >= 0.6 is 11.3 Å². The Balaban J connectivity index is 2.09. The van der Waals surface area contributed by atoms with E-state index in [2.05, 4.69) is 14.4 Å². The Bertz CT molecular complexity index is 1180. The Kier molecular flexibility index (Phi) is 5.74. The number of methoxy groups -OCH3 is 2. The molecule has 0 fully saturated rings. The van der Waals surface area contributed by atoms with E-state index in [-0.39, 0.29) is 27.6 Å². The molecule has 2 heterocycles. The second-order valence-corrected chi connectivity index (χ2v) is 9.21. The first-order valence-electron chi connectivity index (χ1n) is 8.37. The van der Waals surface area contributed by atoms with Crippen molar-refractivity contribution in [2.24, 2.45) is 0 Å². The fourth-order valence-electron chi connectivity index (χ4n) is 2.89. The highest BCUT2D eigenvalue weighted by atomic mass is 32.2. The molecule has 1 N–H and O–H groups in total. The van der Waals surface area contributed by atoms with Gasteiger partial charge in [0.05, 0.1) is 19.9 Å². The maximum Gasteiger partial charge on any atom is 0.452 e. The van der Waals surface area contributed by atoms with Gasteiger partial charge in [-0.15, -0.1) is 11.3 Å². The van der Waals surface area contributed by atoms with Gasteiger partial charge in [0.15, 0.2) is 0 Å². The van der Waals surface area contributed by atoms with Gasteiger partial charge >= 0.3 is 6.18 Å². The summed E-state index contributed by atoms with van der Waals surface area (Å²) in [4.78, 5) is 0.695. The van der Waals surface area contributed by atoms with Gasteiger partial charge in [0.25, 0.3) is 10.0 Å². The Labute approximate surface area is 174 Å². The van der Waals surface area contributed by atoms with Crippen molar-refractivity contribution >= 4 is 27.0 Å². The predicted octanol–water partition coefficient (Wildman–Crippen LogP) is 4.86. The largest absolute Gasteiger partial charge is 0.497 e. The molecule has 0 radical (unpaired) electrons. The van der Waals surface area contributed by atoms with Crippen LogP contribution in [0.25, 0.3) is 11.3 Å². The number of hydrogen-bond donors (Lipinski definition) is 1. The van der Waals surface area contributed by atoms with Gasteiger partial charge in [0.1, 0.15) is 22.1 Å². The van der Waals surface area contributed by atoms with Crippen molar-refractivity contribution in [1.82, 2.24) is 5.16 Å². The van der Waals surface area contributed by atoms with Crippen LogP contribution in [0, 0.1) is 13.8 Å². The second-order valence-electron chi connectivity index (χ2n) is 6.16. The second kappa shape index (κ2) is 7.84. The lowest BCUT2D eigenvalue weighted by Gasteiger charge is -2.14. The van der Waals surface area contributed by atoms with E-state index in [1.807, 2.05) is 0 Å². The lowest BCUT2D eigenvalue weighted by Crippen LogP contribution is -2.15. The van der Waals surface area contributed by atoms with Gasteiger partial charge in [0.2, 0.25) is 5.76 Å². The zero-order chi connectivity index (χ0) is 22.3. The summed E-state index contributed by atoms with van der Waals surface area (Å²) in [7, 11) is -1.38. The van der Waals surface area contributed by atoms with Crippen LogP contribution in [0.3, 0.4) is 0 Å². The summed E-state index contributed by atoms with van der Waals surface area (Å²) in [5.41, 5.74) is -0.0217. The number of rotatable bonds is 6. The number of sulfonamides is 1. The Morgan fingerprint density at radius 1 is 1.10 bits per heavy atom. The maximum atomic E-state index is 13.2. The lowest BCUT2D eigenvalue weighted by molar-refractivity contribution is -0.155. The van der Waals surface area contributed by atoms with Gasteiger partial charge in [-0.2, -0.15) is 13.2 Å². The number of nitrogens with one attached hydrogen (secondary N) is 1. The van der Waals surface area contributed by atoms with E-state index in [9.17, 15) is 21.6 Å². The molecular formula is C18H17F3N2O5S2. The van der Waals surface area contributed by atoms with Crippen LogP contribution in [0.5, 0.6) is 11.5 Å². The number of nitrogens with zero attached hydrogens (tertiary/aromatic N) is 1. The van der Waals surface area contributed by atoms with E-state index in [1.165, 1.54) is 26.4 Å². The Hall–Kier alpha value is -2.73. The van der Waals surface area contributed by atoms with Crippen LogP contribution in [0.1, 0.15) is 15.5 Å². The topological polar surface area (TPSA) is 90.7 Å². The number of hydrogen-bond acceptors (Lipinski definition) is 7. The average Bonchev–Trinajstić information content (AvgIpc) is 3.25. The zero-order valence-corrected chi connectivity index (χ0v) is 17.9. The smallest absolute Gasteiger partial charge is 0.452 e. The van der Waals surface area contributed by atoms with Crippen LogP contribution in [-0.2, 0) is 16.2 Å². The molecule has 0 bridgehead atoms. The lowest BCUT2D eigenvalue weighted by atomic mass is 10.1. The van der Waals surface area contributed by atoms with Gasteiger partial charge in [-0.25, -0.2) is 8.42 Å². The van der Waals surface area contributed by atoms with E-state index in [0.29, 0.717) is 21.6 Å². The molecule has 30 heavy (non-hydrogen) atoms. The Morgan fingerprint density at radius 3 is 2.37 bits per heavy atom. The highest BCUT2D eigenvalue weighted by Crippen LogP contribution is 2.42. The van der Waals surface area contributed by atoms with Crippen molar-refractivity contribution in [1.29, 1.82) is 0 Å². The molecule has 0 aliphatic rings. The van der Waals surface area contributed by atoms with Crippen LogP contribution < -0.4 is 14.2 Å². The van der Waals surface area contributed by atoms with Gasteiger partial charge in [-0.1, -0.05) is 5.16 Å². The minimum absolute atomic E-state index is 0.0525. The predicted molar refractivity (Wildman–Crippen MR) is 105 cm³/mol. The summed E-state index contributed by atoms with van der Waals surface area (Å²) in [6.45, 7) is 3.16. The van der Waals surface area contributed by atoms with E-state index in [0.717, 1.165) is 11.3 Å². The molecule has 2 aromatic heterocycles.